The first-order valence-corrected chi connectivity index (χ1v) is 11.4. The Morgan fingerprint density at radius 3 is 2.68 bits per heavy atom. The summed E-state index contributed by atoms with van der Waals surface area (Å²) < 4.78 is 1.15. The molecule has 1 aliphatic carbocycles. The van der Waals surface area contributed by atoms with Crippen LogP contribution in [0.3, 0.4) is 0 Å². The number of aromatic nitrogens is 2. The predicted molar refractivity (Wildman–Crippen MR) is 120 cm³/mol. The highest BCUT2D eigenvalue weighted by molar-refractivity contribution is 9.10. The lowest BCUT2D eigenvalue weighted by Crippen LogP contribution is -2.17. The van der Waals surface area contributed by atoms with E-state index >= 15 is 0 Å². The van der Waals surface area contributed by atoms with Crippen molar-refractivity contribution in [1.82, 2.24) is 15.3 Å². The van der Waals surface area contributed by atoms with Gasteiger partial charge in [0.1, 0.15) is 11.6 Å². The van der Waals surface area contributed by atoms with Crippen LogP contribution in [0.25, 0.3) is 0 Å². The smallest absolute Gasteiger partial charge is 0.140 e. The van der Waals surface area contributed by atoms with Gasteiger partial charge in [-0.1, -0.05) is 19.9 Å². The van der Waals surface area contributed by atoms with Gasteiger partial charge in [-0.2, -0.15) is 0 Å². The fraction of sp³-hybridized carbons (Fsp3) is 0.565. The number of anilines is 2. The van der Waals surface area contributed by atoms with Gasteiger partial charge < -0.3 is 10.2 Å². The molecule has 2 heterocycles. The Bertz CT molecular complexity index is 860. The van der Waals surface area contributed by atoms with Gasteiger partial charge in [0.05, 0.1) is 11.4 Å². The molecule has 4 rings (SSSR count). The number of rotatable bonds is 7. The summed E-state index contributed by atoms with van der Waals surface area (Å²) in [6, 6.07) is 6.75. The number of nitrogens with one attached hydrogen (secondary N) is 1. The van der Waals surface area contributed by atoms with Crippen molar-refractivity contribution in [3.05, 3.63) is 45.3 Å². The van der Waals surface area contributed by atoms with Crippen LogP contribution in [-0.2, 0) is 6.42 Å². The molecule has 2 aliphatic rings. The standard InChI is InChI=1S/C23H31BrN4/c1-14(2)17-7-8-21(20(24)13-17)28-12-10-19-22(26-15(3)27-23(19)28)18(9-11-25-4)16-5-6-16/h7-8,13-14,16,18,25H,5-6,9-12H2,1-4H3. The van der Waals surface area contributed by atoms with E-state index in [1.165, 1.54) is 35.3 Å². The van der Waals surface area contributed by atoms with Crippen molar-refractivity contribution in [1.29, 1.82) is 0 Å². The van der Waals surface area contributed by atoms with Gasteiger partial charge in [-0.25, -0.2) is 9.97 Å². The Morgan fingerprint density at radius 2 is 2.04 bits per heavy atom. The number of fused-ring (bicyclic) bond motifs is 1. The molecule has 0 saturated heterocycles. The van der Waals surface area contributed by atoms with E-state index in [-0.39, 0.29) is 0 Å². The molecular weight excluding hydrogens is 412 g/mol. The van der Waals surface area contributed by atoms with Crippen LogP contribution >= 0.6 is 15.9 Å². The monoisotopic (exact) mass is 442 g/mol. The van der Waals surface area contributed by atoms with E-state index in [1.54, 1.807) is 0 Å². The van der Waals surface area contributed by atoms with E-state index < -0.39 is 0 Å². The van der Waals surface area contributed by atoms with E-state index in [0.29, 0.717) is 11.8 Å². The third-order valence-corrected chi connectivity index (χ3v) is 6.78. The summed E-state index contributed by atoms with van der Waals surface area (Å²) in [5.41, 5.74) is 5.26. The summed E-state index contributed by atoms with van der Waals surface area (Å²) in [6.07, 6.45) is 4.89. The first-order chi connectivity index (χ1) is 13.5. The number of hydrogen-bond donors (Lipinski definition) is 1. The van der Waals surface area contributed by atoms with E-state index in [9.17, 15) is 0 Å². The van der Waals surface area contributed by atoms with E-state index in [1.807, 2.05) is 14.0 Å². The molecule has 28 heavy (non-hydrogen) atoms. The molecule has 0 spiro atoms. The fourth-order valence-corrected chi connectivity index (χ4v) is 5.04. The first kappa shape index (κ1) is 19.8. The van der Waals surface area contributed by atoms with E-state index in [4.69, 9.17) is 9.97 Å². The Labute approximate surface area is 177 Å². The van der Waals surface area contributed by atoms with Gasteiger partial charge in [0.25, 0.3) is 0 Å². The molecule has 1 aliphatic heterocycles. The molecule has 2 aromatic rings. The second-order valence-electron chi connectivity index (χ2n) is 8.56. The quantitative estimate of drug-likeness (QED) is 0.616. The average Bonchev–Trinajstić information content (AvgIpc) is 3.41. The fourth-order valence-electron chi connectivity index (χ4n) is 4.43. The minimum Gasteiger partial charge on any atom is -0.325 e. The second kappa shape index (κ2) is 8.11. The lowest BCUT2D eigenvalue weighted by Gasteiger charge is -2.23. The third kappa shape index (κ3) is 3.84. The van der Waals surface area contributed by atoms with Crippen LogP contribution in [0.15, 0.2) is 22.7 Å². The summed E-state index contributed by atoms with van der Waals surface area (Å²) >= 11 is 3.82. The van der Waals surface area contributed by atoms with Crippen molar-refractivity contribution in [2.24, 2.45) is 5.92 Å². The summed E-state index contributed by atoms with van der Waals surface area (Å²) in [4.78, 5) is 12.2. The van der Waals surface area contributed by atoms with Gasteiger partial charge >= 0.3 is 0 Å². The lowest BCUT2D eigenvalue weighted by atomic mass is 9.91. The number of benzene rings is 1. The highest BCUT2D eigenvalue weighted by atomic mass is 79.9. The molecule has 1 N–H and O–H groups in total. The van der Waals surface area contributed by atoms with E-state index in [2.05, 4.69) is 58.2 Å². The zero-order chi connectivity index (χ0) is 19.8. The summed E-state index contributed by atoms with van der Waals surface area (Å²) in [7, 11) is 2.04. The molecule has 1 unspecified atom stereocenters. The molecular formula is C23H31BrN4. The molecule has 4 nitrogen and oxygen atoms in total. The highest BCUT2D eigenvalue weighted by Crippen LogP contribution is 2.47. The average molecular weight is 443 g/mol. The molecule has 5 heteroatoms. The van der Waals surface area contributed by atoms with Crippen molar-refractivity contribution in [3.63, 3.8) is 0 Å². The minimum absolute atomic E-state index is 0.527. The zero-order valence-corrected chi connectivity index (χ0v) is 19.0. The summed E-state index contributed by atoms with van der Waals surface area (Å²) in [5.74, 6) is 3.91. The Hall–Kier alpha value is -1.46. The molecule has 0 bridgehead atoms. The minimum atomic E-state index is 0.527. The first-order valence-electron chi connectivity index (χ1n) is 10.6. The number of aryl methyl sites for hydroxylation is 1. The topological polar surface area (TPSA) is 41.1 Å². The van der Waals surface area contributed by atoms with E-state index in [0.717, 1.165) is 48.0 Å². The number of hydrogen-bond acceptors (Lipinski definition) is 4. The highest BCUT2D eigenvalue weighted by Gasteiger charge is 2.37. The molecule has 150 valence electrons. The Balaban J connectivity index is 1.72. The van der Waals surface area contributed by atoms with Gasteiger partial charge in [0, 0.05) is 22.5 Å². The summed E-state index contributed by atoms with van der Waals surface area (Å²) in [6.45, 7) is 8.53. The van der Waals surface area contributed by atoms with Crippen LogP contribution < -0.4 is 10.2 Å². The van der Waals surface area contributed by atoms with Crippen LogP contribution in [0.1, 0.15) is 67.6 Å². The molecule has 1 atom stereocenters. The van der Waals surface area contributed by atoms with Crippen molar-refractivity contribution in [2.45, 2.75) is 58.3 Å². The Morgan fingerprint density at radius 1 is 1.25 bits per heavy atom. The van der Waals surface area contributed by atoms with Gasteiger partial charge in [-0.3, -0.25) is 0 Å². The zero-order valence-electron chi connectivity index (χ0n) is 17.4. The molecule has 1 aromatic heterocycles. The molecule has 1 saturated carbocycles. The molecule has 0 radical (unpaired) electrons. The SMILES string of the molecule is CNCCC(c1nc(C)nc2c1CCN2c1ccc(C(C)C)cc1Br)C1CC1. The maximum atomic E-state index is 4.97. The van der Waals surface area contributed by atoms with Gasteiger partial charge in [0.15, 0.2) is 0 Å². The van der Waals surface area contributed by atoms with Crippen LogP contribution in [0.2, 0.25) is 0 Å². The predicted octanol–water partition coefficient (Wildman–Crippen LogP) is 5.47. The Kier molecular flexibility index (Phi) is 5.75. The number of halogens is 1. The normalized spacial score (nSPS) is 17.3. The maximum absolute atomic E-state index is 4.97. The van der Waals surface area contributed by atoms with Gasteiger partial charge in [0.2, 0.25) is 0 Å². The largest absolute Gasteiger partial charge is 0.325 e. The van der Waals surface area contributed by atoms with Crippen LogP contribution in [0, 0.1) is 12.8 Å². The van der Waals surface area contributed by atoms with Crippen molar-refractivity contribution < 1.29 is 0 Å². The van der Waals surface area contributed by atoms with Gasteiger partial charge in [-0.05, 0) is 91.7 Å². The van der Waals surface area contributed by atoms with Gasteiger partial charge in [-0.15, -0.1) is 0 Å². The second-order valence-corrected chi connectivity index (χ2v) is 9.42. The van der Waals surface area contributed by atoms with Crippen molar-refractivity contribution in [2.75, 3.05) is 25.0 Å². The van der Waals surface area contributed by atoms with Crippen LogP contribution in [0.4, 0.5) is 11.5 Å². The number of nitrogens with zero attached hydrogens (tertiary/aromatic N) is 3. The lowest BCUT2D eigenvalue weighted by molar-refractivity contribution is 0.523. The maximum Gasteiger partial charge on any atom is 0.140 e. The molecule has 1 aromatic carbocycles. The molecule has 1 fully saturated rings. The van der Waals surface area contributed by atoms with Crippen molar-refractivity contribution in [3.8, 4) is 0 Å². The van der Waals surface area contributed by atoms with Crippen molar-refractivity contribution >= 4 is 27.4 Å². The van der Waals surface area contributed by atoms with Crippen LogP contribution in [0.5, 0.6) is 0 Å². The summed E-state index contributed by atoms with van der Waals surface area (Å²) in [5, 5.41) is 3.33. The van der Waals surface area contributed by atoms with Crippen LogP contribution in [-0.4, -0.2) is 30.1 Å². The molecule has 0 amide bonds. The third-order valence-electron chi connectivity index (χ3n) is 6.15.